The van der Waals surface area contributed by atoms with Crippen LogP contribution in [-0.2, 0) is 6.18 Å². The highest BCUT2D eigenvalue weighted by Gasteiger charge is 2.30. The van der Waals surface area contributed by atoms with E-state index in [9.17, 15) is 13.2 Å². The number of aromatic amines is 1. The third-order valence-corrected chi connectivity index (χ3v) is 6.24. The molecule has 172 valence electrons. The quantitative estimate of drug-likeness (QED) is 0.393. The number of piperidine rings is 1. The lowest BCUT2D eigenvalue weighted by atomic mass is 9.89. The Balaban J connectivity index is 1.32. The SMILES string of the molecule is OCCN1CCC(c2ccc3nc(Nc4ccc5cc(C(F)(F)F)ccc5n4)[nH]c3c2)CC1. The Hall–Kier alpha value is -3.17. The van der Waals surface area contributed by atoms with Crippen molar-refractivity contribution in [3.05, 3.63) is 59.7 Å². The van der Waals surface area contributed by atoms with Gasteiger partial charge in [0.25, 0.3) is 0 Å². The van der Waals surface area contributed by atoms with Gasteiger partial charge in [0.15, 0.2) is 0 Å². The van der Waals surface area contributed by atoms with Gasteiger partial charge in [-0.3, -0.25) is 0 Å². The number of nitrogens with zero attached hydrogens (tertiary/aromatic N) is 3. The summed E-state index contributed by atoms with van der Waals surface area (Å²) in [6.45, 7) is 2.89. The number of aliphatic hydroxyl groups excluding tert-OH is 1. The van der Waals surface area contributed by atoms with E-state index in [1.165, 1.54) is 11.6 Å². The van der Waals surface area contributed by atoms with E-state index in [0.29, 0.717) is 28.6 Å². The van der Waals surface area contributed by atoms with Gasteiger partial charge in [-0.05, 0) is 79.9 Å². The molecule has 3 N–H and O–H groups in total. The first kappa shape index (κ1) is 21.7. The zero-order valence-corrected chi connectivity index (χ0v) is 17.9. The number of fused-ring (bicyclic) bond motifs is 2. The highest BCUT2D eigenvalue weighted by atomic mass is 19.4. The molecule has 0 bridgehead atoms. The number of nitrogens with one attached hydrogen (secondary N) is 2. The van der Waals surface area contributed by atoms with E-state index < -0.39 is 11.7 Å². The zero-order valence-electron chi connectivity index (χ0n) is 17.9. The van der Waals surface area contributed by atoms with E-state index in [1.54, 1.807) is 12.1 Å². The Morgan fingerprint density at radius 3 is 2.55 bits per heavy atom. The third-order valence-electron chi connectivity index (χ3n) is 6.24. The molecule has 4 aromatic rings. The molecule has 2 aromatic carbocycles. The summed E-state index contributed by atoms with van der Waals surface area (Å²) in [6.07, 6.45) is -2.27. The molecule has 1 aliphatic heterocycles. The lowest BCUT2D eigenvalue weighted by Crippen LogP contribution is -2.34. The van der Waals surface area contributed by atoms with Gasteiger partial charge in [0.05, 0.1) is 28.7 Å². The van der Waals surface area contributed by atoms with Crippen LogP contribution >= 0.6 is 0 Å². The molecular formula is C24H24F3N5O. The minimum absolute atomic E-state index is 0.196. The van der Waals surface area contributed by atoms with E-state index in [4.69, 9.17) is 5.11 Å². The molecule has 3 heterocycles. The molecule has 1 fully saturated rings. The Morgan fingerprint density at radius 1 is 1.00 bits per heavy atom. The van der Waals surface area contributed by atoms with Crippen molar-refractivity contribution in [1.82, 2.24) is 19.9 Å². The monoisotopic (exact) mass is 455 g/mol. The molecule has 0 saturated carbocycles. The Labute approximate surface area is 188 Å². The molecule has 0 atom stereocenters. The zero-order chi connectivity index (χ0) is 23.0. The number of anilines is 2. The number of halogens is 3. The summed E-state index contributed by atoms with van der Waals surface area (Å²) in [4.78, 5) is 14.5. The second-order valence-electron chi connectivity index (χ2n) is 8.43. The van der Waals surface area contributed by atoms with Crippen LogP contribution in [0.1, 0.15) is 29.9 Å². The number of aromatic nitrogens is 3. The van der Waals surface area contributed by atoms with Gasteiger partial charge in [-0.2, -0.15) is 13.2 Å². The molecule has 0 amide bonds. The average molecular weight is 455 g/mol. The van der Waals surface area contributed by atoms with Gasteiger partial charge in [-0.1, -0.05) is 6.07 Å². The van der Waals surface area contributed by atoms with Crippen molar-refractivity contribution in [3.63, 3.8) is 0 Å². The summed E-state index contributed by atoms with van der Waals surface area (Å²) in [5, 5.41) is 12.7. The fraction of sp³-hybridized carbons (Fsp3) is 0.333. The van der Waals surface area contributed by atoms with Crippen LogP contribution in [0.3, 0.4) is 0 Å². The molecule has 0 unspecified atom stereocenters. The van der Waals surface area contributed by atoms with E-state index >= 15 is 0 Å². The van der Waals surface area contributed by atoms with E-state index in [0.717, 1.165) is 55.6 Å². The van der Waals surface area contributed by atoms with Gasteiger partial charge in [0.2, 0.25) is 5.95 Å². The van der Waals surface area contributed by atoms with Crippen LogP contribution in [0.2, 0.25) is 0 Å². The number of rotatable bonds is 5. The Kier molecular flexibility index (Phi) is 5.67. The summed E-state index contributed by atoms with van der Waals surface area (Å²) in [5.41, 5.74) is 2.80. The molecule has 6 nitrogen and oxygen atoms in total. The van der Waals surface area contributed by atoms with Gasteiger partial charge >= 0.3 is 6.18 Å². The van der Waals surface area contributed by atoms with Gasteiger partial charge in [-0.15, -0.1) is 0 Å². The Morgan fingerprint density at radius 2 is 1.79 bits per heavy atom. The molecular weight excluding hydrogens is 431 g/mol. The first-order chi connectivity index (χ1) is 15.9. The minimum Gasteiger partial charge on any atom is -0.395 e. The third kappa shape index (κ3) is 4.65. The number of hydrogen-bond acceptors (Lipinski definition) is 5. The fourth-order valence-electron chi connectivity index (χ4n) is 4.46. The smallest absolute Gasteiger partial charge is 0.395 e. The topological polar surface area (TPSA) is 77.1 Å². The van der Waals surface area contributed by atoms with Crippen molar-refractivity contribution >= 4 is 33.7 Å². The van der Waals surface area contributed by atoms with Crippen LogP contribution < -0.4 is 5.32 Å². The van der Waals surface area contributed by atoms with E-state index in [2.05, 4.69) is 37.3 Å². The highest BCUT2D eigenvalue weighted by Crippen LogP contribution is 2.32. The maximum absolute atomic E-state index is 12.9. The van der Waals surface area contributed by atoms with Gasteiger partial charge in [-0.25, -0.2) is 9.97 Å². The largest absolute Gasteiger partial charge is 0.416 e. The van der Waals surface area contributed by atoms with Crippen molar-refractivity contribution in [2.24, 2.45) is 0 Å². The van der Waals surface area contributed by atoms with Crippen molar-refractivity contribution in [1.29, 1.82) is 0 Å². The first-order valence-corrected chi connectivity index (χ1v) is 11.0. The number of likely N-dealkylation sites (tertiary alicyclic amines) is 1. The van der Waals surface area contributed by atoms with Crippen LogP contribution in [0.15, 0.2) is 48.5 Å². The van der Waals surface area contributed by atoms with Crippen LogP contribution in [-0.4, -0.2) is 51.2 Å². The van der Waals surface area contributed by atoms with Crippen molar-refractivity contribution in [2.45, 2.75) is 24.9 Å². The molecule has 0 spiro atoms. The second kappa shape index (κ2) is 8.64. The van der Waals surface area contributed by atoms with Crippen LogP contribution in [0.5, 0.6) is 0 Å². The second-order valence-corrected chi connectivity index (χ2v) is 8.43. The standard InChI is InChI=1S/C24H24F3N5O/c25-24(26,27)18-3-5-19-17(13-18)2-6-22(28-19)31-23-29-20-4-1-16(14-21(20)30-23)15-7-9-32(10-8-15)11-12-33/h1-6,13-15,33H,7-12H2,(H2,28,29,30,31). The lowest BCUT2D eigenvalue weighted by molar-refractivity contribution is -0.137. The molecule has 2 aromatic heterocycles. The number of hydrogen-bond donors (Lipinski definition) is 3. The van der Waals surface area contributed by atoms with Gasteiger partial charge in [0.1, 0.15) is 5.82 Å². The fourth-order valence-corrected chi connectivity index (χ4v) is 4.46. The number of β-amino-alcohol motifs (C(OH)–C–C–N with tert-alkyl or cyclic N) is 1. The van der Waals surface area contributed by atoms with Crippen molar-refractivity contribution in [3.8, 4) is 0 Å². The molecule has 0 aliphatic carbocycles. The minimum atomic E-state index is -4.38. The molecule has 0 radical (unpaired) electrons. The number of alkyl halides is 3. The number of imidazole rings is 1. The summed E-state index contributed by atoms with van der Waals surface area (Å²) in [6, 6.07) is 13.0. The molecule has 1 aliphatic rings. The highest BCUT2D eigenvalue weighted by molar-refractivity contribution is 5.82. The van der Waals surface area contributed by atoms with Crippen molar-refractivity contribution in [2.75, 3.05) is 31.6 Å². The van der Waals surface area contributed by atoms with Crippen molar-refractivity contribution < 1.29 is 18.3 Å². The molecule has 1 saturated heterocycles. The molecule has 9 heteroatoms. The summed E-state index contributed by atoms with van der Waals surface area (Å²) < 4.78 is 38.8. The lowest BCUT2D eigenvalue weighted by Gasteiger charge is -2.31. The predicted octanol–water partition coefficient (Wildman–Crippen LogP) is 5.05. The molecule has 5 rings (SSSR count). The van der Waals surface area contributed by atoms with Gasteiger partial charge < -0.3 is 20.3 Å². The summed E-state index contributed by atoms with van der Waals surface area (Å²) >= 11 is 0. The molecule has 33 heavy (non-hydrogen) atoms. The predicted molar refractivity (Wildman–Crippen MR) is 122 cm³/mol. The van der Waals surface area contributed by atoms with Crippen LogP contribution in [0.4, 0.5) is 24.9 Å². The van der Waals surface area contributed by atoms with Crippen LogP contribution in [0, 0.1) is 0 Å². The number of H-pyrrole nitrogens is 1. The normalized spacial score (nSPS) is 16.0. The number of pyridine rings is 1. The average Bonchev–Trinajstić information content (AvgIpc) is 3.20. The summed E-state index contributed by atoms with van der Waals surface area (Å²) in [7, 11) is 0. The number of benzene rings is 2. The maximum atomic E-state index is 12.9. The maximum Gasteiger partial charge on any atom is 0.416 e. The van der Waals surface area contributed by atoms with E-state index in [1.807, 2.05) is 6.07 Å². The number of aliphatic hydroxyl groups is 1. The first-order valence-electron chi connectivity index (χ1n) is 11.0. The van der Waals surface area contributed by atoms with E-state index in [-0.39, 0.29) is 6.61 Å². The summed E-state index contributed by atoms with van der Waals surface area (Å²) in [5.74, 6) is 1.50. The Bertz CT molecular complexity index is 1280. The van der Waals surface area contributed by atoms with Crippen LogP contribution in [0.25, 0.3) is 21.9 Å². The van der Waals surface area contributed by atoms with Gasteiger partial charge in [0, 0.05) is 11.9 Å².